The molecule has 1 amide bonds. The molecule has 1 saturated heterocycles. The van der Waals surface area contributed by atoms with E-state index in [2.05, 4.69) is 15.3 Å². The van der Waals surface area contributed by atoms with Crippen LogP contribution in [0.4, 0.5) is 0 Å². The fourth-order valence-electron chi connectivity index (χ4n) is 3.19. The molecule has 0 saturated carbocycles. The van der Waals surface area contributed by atoms with Gasteiger partial charge in [0.25, 0.3) is 5.91 Å². The van der Waals surface area contributed by atoms with Crippen LogP contribution >= 0.6 is 11.3 Å². The van der Waals surface area contributed by atoms with Crippen LogP contribution in [-0.2, 0) is 17.8 Å². The average molecular weight is 329 g/mol. The molecular weight excluding hydrogens is 310 g/mol. The lowest BCUT2D eigenvalue weighted by molar-refractivity contribution is -0.139. The predicted molar refractivity (Wildman–Crippen MR) is 88.5 cm³/mol. The molecule has 1 aromatic heterocycles. The maximum Gasteiger partial charge on any atom is 0.264 e. The van der Waals surface area contributed by atoms with Gasteiger partial charge in [0.15, 0.2) is 6.10 Å². The van der Waals surface area contributed by atoms with Crippen LogP contribution in [0.25, 0.3) is 0 Å². The number of carbonyl (C=O) groups is 1. The smallest absolute Gasteiger partial charge is 0.264 e. The molecule has 5 nitrogen and oxygen atoms in total. The second-order valence-corrected chi connectivity index (χ2v) is 6.72. The summed E-state index contributed by atoms with van der Waals surface area (Å²) in [6.45, 7) is 4.18. The highest BCUT2D eigenvalue weighted by molar-refractivity contribution is 7.07. The van der Waals surface area contributed by atoms with E-state index in [0.717, 1.165) is 49.7 Å². The van der Waals surface area contributed by atoms with E-state index >= 15 is 0 Å². The van der Waals surface area contributed by atoms with Gasteiger partial charge in [-0.3, -0.25) is 9.69 Å². The number of hydrogen-bond donors (Lipinski definition) is 0. The van der Waals surface area contributed by atoms with Gasteiger partial charge in [-0.1, -0.05) is 18.2 Å². The van der Waals surface area contributed by atoms with Crippen LogP contribution in [0.3, 0.4) is 0 Å². The number of aromatic nitrogens is 1. The Bertz CT molecular complexity index is 656. The molecule has 120 valence electrons. The van der Waals surface area contributed by atoms with E-state index in [4.69, 9.17) is 4.74 Å². The van der Waals surface area contributed by atoms with Crippen LogP contribution in [-0.4, -0.2) is 53.0 Å². The number of benzene rings is 1. The molecule has 2 aromatic rings. The molecule has 2 aliphatic heterocycles. The van der Waals surface area contributed by atoms with Crippen molar-refractivity contribution < 1.29 is 9.53 Å². The topological polar surface area (TPSA) is 45.7 Å². The summed E-state index contributed by atoms with van der Waals surface area (Å²) >= 11 is 1.63. The number of ether oxygens (including phenoxy) is 1. The van der Waals surface area contributed by atoms with Gasteiger partial charge in [0.05, 0.1) is 11.2 Å². The first-order chi connectivity index (χ1) is 11.3. The fourth-order valence-corrected chi connectivity index (χ4v) is 3.74. The van der Waals surface area contributed by atoms with Gasteiger partial charge in [0.2, 0.25) is 0 Å². The zero-order valence-electron chi connectivity index (χ0n) is 12.9. The molecule has 1 atom stereocenters. The Morgan fingerprint density at radius 2 is 2.09 bits per heavy atom. The minimum absolute atomic E-state index is 0.120. The summed E-state index contributed by atoms with van der Waals surface area (Å²) in [7, 11) is 0. The molecule has 3 heterocycles. The summed E-state index contributed by atoms with van der Waals surface area (Å²) in [5.74, 6) is 0.975. The summed E-state index contributed by atoms with van der Waals surface area (Å²) in [5.41, 5.74) is 4.11. The van der Waals surface area contributed by atoms with Crippen molar-refractivity contribution in [2.75, 3.05) is 26.2 Å². The van der Waals surface area contributed by atoms with Crippen molar-refractivity contribution in [2.24, 2.45) is 0 Å². The zero-order chi connectivity index (χ0) is 15.6. The van der Waals surface area contributed by atoms with E-state index in [1.807, 2.05) is 34.7 Å². The Kier molecular flexibility index (Phi) is 4.01. The van der Waals surface area contributed by atoms with Crippen molar-refractivity contribution in [1.82, 2.24) is 14.8 Å². The molecule has 1 fully saturated rings. The standard InChI is InChI=1S/C17H19N3O2S/c21-17(16-9-13-3-1-2-4-15(13)22-16)20-7-5-19(6-8-20)10-14-11-23-12-18-14/h1-4,11-12,16H,5-10H2/t16-/m1/s1. The summed E-state index contributed by atoms with van der Waals surface area (Å²) in [4.78, 5) is 21.3. The molecule has 4 rings (SSSR count). The molecule has 2 aliphatic rings. The minimum Gasteiger partial charge on any atom is -0.480 e. The first-order valence-electron chi connectivity index (χ1n) is 7.92. The van der Waals surface area contributed by atoms with Crippen LogP contribution < -0.4 is 4.74 Å². The van der Waals surface area contributed by atoms with Gasteiger partial charge >= 0.3 is 0 Å². The molecule has 0 spiro atoms. The van der Waals surface area contributed by atoms with E-state index < -0.39 is 0 Å². The molecule has 0 bridgehead atoms. The highest BCUT2D eigenvalue weighted by Crippen LogP contribution is 2.29. The Morgan fingerprint density at radius 1 is 1.26 bits per heavy atom. The number of carbonyl (C=O) groups excluding carboxylic acids is 1. The summed E-state index contributed by atoms with van der Waals surface area (Å²) in [6, 6.07) is 7.91. The van der Waals surface area contributed by atoms with E-state index in [0.29, 0.717) is 6.42 Å². The van der Waals surface area contributed by atoms with Gasteiger partial charge in [0.1, 0.15) is 5.75 Å². The second-order valence-electron chi connectivity index (χ2n) is 6.00. The maximum absolute atomic E-state index is 12.7. The van der Waals surface area contributed by atoms with Gasteiger partial charge in [-0.25, -0.2) is 4.98 Å². The number of nitrogens with zero attached hydrogens (tertiary/aromatic N) is 3. The molecule has 1 aromatic carbocycles. The summed E-state index contributed by atoms with van der Waals surface area (Å²) < 4.78 is 5.82. The molecule has 0 aliphatic carbocycles. The molecule has 6 heteroatoms. The molecule has 0 radical (unpaired) electrons. The first kappa shape index (κ1) is 14.7. The van der Waals surface area contributed by atoms with Crippen LogP contribution in [0.1, 0.15) is 11.3 Å². The third-order valence-corrected chi connectivity index (χ3v) is 5.11. The number of piperazine rings is 1. The number of thiazole rings is 1. The van der Waals surface area contributed by atoms with Gasteiger partial charge in [-0.15, -0.1) is 11.3 Å². The first-order valence-corrected chi connectivity index (χ1v) is 8.86. The fraction of sp³-hybridized carbons (Fsp3) is 0.412. The predicted octanol–water partition coefficient (Wildman–Crippen LogP) is 1.79. The van der Waals surface area contributed by atoms with Gasteiger partial charge < -0.3 is 9.64 Å². The number of rotatable bonds is 3. The van der Waals surface area contributed by atoms with Crippen LogP contribution in [0.2, 0.25) is 0 Å². The van der Waals surface area contributed by atoms with Crippen molar-refractivity contribution in [2.45, 2.75) is 19.1 Å². The highest BCUT2D eigenvalue weighted by Gasteiger charge is 2.33. The Balaban J connectivity index is 1.31. The van der Waals surface area contributed by atoms with E-state index in [1.165, 1.54) is 0 Å². The molecule has 23 heavy (non-hydrogen) atoms. The Labute approximate surface area is 139 Å². The lowest BCUT2D eigenvalue weighted by atomic mass is 10.1. The van der Waals surface area contributed by atoms with Gasteiger partial charge in [0, 0.05) is 44.5 Å². The summed E-state index contributed by atoms with van der Waals surface area (Å²) in [6.07, 6.45) is 0.339. The lowest BCUT2D eigenvalue weighted by Crippen LogP contribution is -2.51. The van der Waals surface area contributed by atoms with E-state index in [-0.39, 0.29) is 12.0 Å². The van der Waals surface area contributed by atoms with E-state index in [9.17, 15) is 4.79 Å². The minimum atomic E-state index is -0.350. The van der Waals surface area contributed by atoms with Crippen molar-refractivity contribution in [3.63, 3.8) is 0 Å². The largest absolute Gasteiger partial charge is 0.480 e. The summed E-state index contributed by atoms with van der Waals surface area (Å²) in [5, 5.41) is 2.08. The van der Waals surface area contributed by atoms with E-state index in [1.54, 1.807) is 11.3 Å². The van der Waals surface area contributed by atoms with Crippen molar-refractivity contribution in [1.29, 1.82) is 0 Å². The van der Waals surface area contributed by atoms with Crippen LogP contribution in [0, 0.1) is 0 Å². The Hall–Kier alpha value is -1.92. The average Bonchev–Trinajstić information content (AvgIpc) is 3.24. The van der Waals surface area contributed by atoms with Crippen molar-refractivity contribution >= 4 is 17.2 Å². The number of amides is 1. The van der Waals surface area contributed by atoms with Crippen molar-refractivity contribution in [3.05, 3.63) is 46.4 Å². The Morgan fingerprint density at radius 3 is 2.83 bits per heavy atom. The van der Waals surface area contributed by atoms with Crippen LogP contribution in [0.15, 0.2) is 35.2 Å². The molecular formula is C17H19N3O2S. The molecule has 0 unspecified atom stereocenters. The SMILES string of the molecule is O=C([C@H]1Cc2ccccc2O1)N1CCN(Cc2cscn2)CC1. The highest BCUT2D eigenvalue weighted by atomic mass is 32.1. The number of hydrogen-bond acceptors (Lipinski definition) is 5. The zero-order valence-corrected chi connectivity index (χ0v) is 13.7. The number of para-hydroxylation sites is 1. The third-order valence-electron chi connectivity index (χ3n) is 4.48. The third kappa shape index (κ3) is 3.09. The van der Waals surface area contributed by atoms with Crippen molar-refractivity contribution in [3.8, 4) is 5.75 Å². The molecule has 0 N–H and O–H groups in total. The van der Waals surface area contributed by atoms with Crippen LogP contribution in [0.5, 0.6) is 5.75 Å². The van der Waals surface area contributed by atoms with Gasteiger partial charge in [-0.05, 0) is 11.6 Å². The maximum atomic E-state index is 12.7. The van der Waals surface area contributed by atoms with Gasteiger partial charge in [-0.2, -0.15) is 0 Å². The normalized spacial score (nSPS) is 21.0. The second kappa shape index (κ2) is 6.29. The number of fused-ring (bicyclic) bond motifs is 1. The quantitative estimate of drug-likeness (QED) is 0.861. The monoisotopic (exact) mass is 329 g/mol. The lowest BCUT2D eigenvalue weighted by Gasteiger charge is -2.35.